The third-order valence-electron chi connectivity index (χ3n) is 2.86. The van der Waals surface area contributed by atoms with Gasteiger partial charge in [-0.2, -0.15) is 0 Å². The minimum absolute atomic E-state index is 0.177. The molecule has 0 aliphatic heterocycles. The average Bonchev–Trinajstić information content (AvgIpc) is 2.46. The van der Waals surface area contributed by atoms with Crippen molar-refractivity contribution in [2.45, 2.75) is 18.0 Å². The van der Waals surface area contributed by atoms with Crippen molar-refractivity contribution in [3.8, 4) is 0 Å². The van der Waals surface area contributed by atoms with Crippen molar-refractivity contribution in [1.29, 1.82) is 0 Å². The van der Waals surface area contributed by atoms with Crippen LogP contribution in [0.3, 0.4) is 0 Å². The largest absolute Gasteiger partial charge is 0.321 e. The monoisotopic (exact) mass is 310 g/mol. The summed E-state index contributed by atoms with van der Waals surface area (Å²) in [6, 6.07) is 8.16. The summed E-state index contributed by atoms with van der Waals surface area (Å²) in [6.45, 7) is 1.62. The van der Waals surface area contributed by atoms with Crippen LogP contribution in [0, 0.1) is 5.82 Å². The zero-order chi connectivity index (χ0) is 15.5. The summed E-state index contributed by atoms with van der Waals surface area (Å²) in [5.41, 5.74) is 2.97. The topological polar surface area (TPSA) is 97.1 Å². The van der Waals surface area contributed by atoms with Crippen LogP contribution in [-0.4, -0.2) is 13.4 Å². The number of hydrogen-bond acceptors (Lipinski definition) is 5. The zero-order valence-electron chi connectivity index (χ0n) is 11.2. The molecule has 2 aromatic rings. The van der Waals surface area contributed by atoms with E-state index in [0.29, 0.717) is 5.56 Å². The third kappa shape index (κ3) is 3.54. The number of aromatic nitrogens is 1. The molecule has 0 spiro atoms. The fraction of sp³-hybridized carbons (Fsp3) is 0.154. The van der Waals surface area contributed by atoms with Crippen LogP contribution >= 0.6 is 0 Å². The van der Waals surface area contributed by atoms with Crippen LogP contribution in [0.2, 0.25) is 0 Å². The summed E-state index contributed by atoms with van der Waals surface area (Å²) in [6.07, 6.45) is 1.35. The second kappa shape index (κ2) is 6.17. The van der Waals surface area contributed by atoms with E-state index in [2.05, 4.69) is 15.1 Å². The Kier molecular flexibility index (Phi) is 4.51. The second-order valence-electron chi connectivity index (χ2n) is 4.40. The van der Waals surface area contributed by atoms with E-state index < -0.39 is 21.9 Å². The molecular weight excluding hydrogens is 295 g/mol. The number of nitrogens with two attached hydrogens (primary N) is 1. The van der Waals surface area contributed by atoms with Crippen molar-refractivity contribution >= 4 is 15.7 Å². The van der Waals surface area contributed by atoms with E-state index in [-0.39, 0.29) is 10.7 Å². The van der Waals surface area contributed by atoms with E-state index in [1.165, 1.54) is 30.5 Å². The van der Waals surface area contributed by atoms with Crippen molar-refractivity contribution in [2.75, 3.05) is 5.43 Å². The third-order valence-corrected chi connectivity index (χ3v) is 4.36. The van der Waals surface area contributed by atoms with E-state index in [1.807, 2.05) is 0 Å². The van der Waals surface area contributed by atoms with Gasteiger partial charge in [-0.15, -0.1) is 0 Å². The van der Waals surface area contributed by atoms with Gasteiger partial charge in [0.05, 0.1) is 5.69 Å². The molecule has 0 radical (unpaired) electrons. The first-order valence-electron chi connectivity index (χ1n) is 6.13. The van der Waals surface area contributed by atoms with Crippen LogP contribution < -0.4 is 16.0 Å². The molecule has 4 N–H and O–H groups in total. The van der Waals surface area contributed by atoms with Gasteiger partial charge in [0.1, 0.15) is 5.82 Å². The number of pyridine rings is 1. The lowest BCUT2D eigenvalue weighted by atomic mass is 10.1. The summed E-state index contributed by atoms with van der Waals surface area (Å²) in [4.78, 5) is 3.82. The molecule has 8 heteroatoms. The predicted octanol–water partition coefficient (Wildman–Crippen LogP) is 1.55. The van der Waals surface area contributed by atoms with Crippen molar-refractivity contribution in [3.05, 3.63) is 54.0 Å². The molecule has 0 saturated heterocycles. The van der Waals surface area contributed by atoms with Gasteiger partial charge in [-0.3, -0.25) is 5.84 Å². The highest BCUT2D eigenvalue weighted by molar-refractivity contribution is 7.89. The molecule has 0 amide bonds. The van der Waals surface area contributed by atoms with Crippen molar-refractivity contribution in [2.24, 2.45) is 5.84 Å². The lowest BCUT2D eigenvalue weighted by molar-refractivity contribution is 0.561. The normalized spacial score (nSPS) is 12.9. The molecule has 1 aromatic carbocycles. The van der Waals surface area contributed by atoms with Crippen molar-refractivity contribution in [3.63, 3.8) is 0 Å². The lowest BCUT2D eigenvalue weighted by Gasteiger charge is -2.15. The number of hydrogen-bond donors (Lipinski definition) is 3. The molecule has 1 aromatic heterocycles. The van der Waals surface area contributed by atoms with E-state index in [9.17, 15) is 12.8 Å². The zero-order valence-corrected chi connectivity index (χ0v) is 12.1. The quantitative estimate of drug-likeness (QED) is 0.575. The summed E-state index contributed by atoms with van der Waals surface area (Å²) in [7, 11) is -3.89. The number of sulfonamides is 1. The van der Waals surface area contributed by atoms with Gasteiger partial charge in [0, 0.05) is 12.2 Å². The summed E-state index contributed by atoms with van der Waals surface area (Å²) >= 11 is 0. The van der Waals surface area contributed by atoms with Gasteiger partial charge in [0.15, 0.2) is 5.03 Å². The fourth-order valence-corrected chi connectivity index (χ4v) is 3.18. The fourth-order valence-electron chi connectivity index (χ4n) is 1.85. The Hall–Kier alpha value is -2.03. The molecule has 0 aliphatic carbocycles. The number of nitrogens with one attached hydrogen (secondary N) is 2. The molecule has 112 valence electrons. The molecule has 2 rings (SSSR count). The molecule has 21 heavy (non-hydrogen) atoms. The van der Waals surface area contributed by atoms with Crippen LogP contribution in [-0.2, 0) is 10.0 Å². The van der Waals surface area contributed by atoms with Crippen LogP contribution in [0.5, 0.6) is 0 Å². The van der Waals surface area contributed by atoms with Gasteiger partial charge >= 0.3 is 0 Å². The number of rotatable bonds is 5. The Bertz CT molecular complexity index is 736. The van der Waals surface area contributed by atoms with E-state index >= 15 is 0 Å². The molecule has 0 aliphatic rings. The molecule has 1 atom stereocenters. The first-order valence-corrected chi connectivity index (χ1v) is 7.62. The Morgan fingerprint density at radius 2 is 2.05 bits per heavy atom. The number of anilines is 1. The number of nitrogens with zero attached hydrogens (tertiary/aromatic N) is 1. The minimum atomic E-state index is -3.89. The first kappa shape index (κ1) is 15.4. The van der Waals surface area contributed by atoms with Crippen LogP contribution in [0.4, 0.5) is 10.1 Å². The number of hydrazine groups is 1. The predicted molar refractivity (Wildman–Crippen MR) is 77.2 cm³/mol. The van der Waals surface area contributed by atoms with Crippen molar-refractivity contribution in [1.82, 2.24) is 9.71 Å². The van der Waals surface area contributed by atoms with Crippen LogP contribution in [0.25, 0.3) is 0 Å². The van der Waals surface area contributed by atoms with Gasteiger partial charge in [0.2, 0.25) is 0 Å². The molecular formula is C13H15FN4O2S. The maximum Gasteiger partial charge on any atom is 0.260 e. The first-order chi connectivity index (χ1) is 9.94. The van der Waals surface area contributed by atoms with Crippen molar-refractivity contribution < 1.29 is 12.8 Å². The molecule has 0 fully saturated rings. The minimum Gasteiger partial charge on any atom is -0.321 e. The smallest absolute Gasteiger partial charge is 0.260 e. The molecule has 1 unspecified atom stereocenters. The van der Waals surface area contributed by atoms with Gasteiger partial charge in [0.25, 0.3) is 10.0 Å². The summed E-state index contributed by atoms with van der Waals surface area (Å²) in [5.74, 6) is 4.85. The van der Waals surface area contributed by atoms with E-state index in [0.717, 1.165) is 0 Å². The SMILES string of the molecule is CC(NS(=O)(=O)c1ncccc1NN)c1cccc(F)c1. The van der Waals surface area contributed by atoms with E-state index in [4.69, 9.17) is 5.84 Å². The Morgan fingerprint density at radius 1 is 1.29 bits per heavy atom. The Balaban J connectivity index is 2.29. The summed E-state index contributed by atoms with van der Waals surface area (Å²) < 4.78 is 40.3. The maximum absolute atomic E-state index is 13.2. The number of nitrogen functional groups attached to an aromatic ring is 1. The maximum atomic E-state index is 13.2. The molecule has 1 heterocycles. The second-order valence-corrected chi connectivity index (χ2v) is 6.03. The molecule has 0 saturated carbocycles. The average molecular weight is 310 g/mol. The van der Waals surface area contributed by atoms with Gasteiger partial charge in [-0.25, -0.2) is 22.5 Å². The van der Waals surface area contributed by atoms with E-state index in [1.54, 1.807) is 19.1 Å². The van der Waals surface area contributed by atoms with Crippen LogP contribution in [0.1, 0.15) is 18.5 Å². The van der Waals surface area contributed by atoms with Gasteiger partial charge in [-0.05, 0) is 36.8 Å². The highest BCUT2D eigenvalue weighted by Gasteiger charge is 2.22. The number of benzene rings is 1. The van der Waals surface area contributed by atoms with Gasteiger partial charge < -0.3 is 5.43 Å². The molecule has 6 nitrogen and oxygen atoms in total. The Labute approximate surface area is 122 Å². The molecule has 0 bridgehead atoms. The standard InChI is InChI=1S/C13H15FN4O2S/c1-9(10-4-2-5-11(14)8-10)18-21(19,20)13-12(17-15)6-3-7-16-13/h2-9,17-18H,15H2,1H3. The summed E-state index contributed by atoms with van der Waals surface area (Å²) in [5, 5.41) is -0.212. The lowest BCUT2D eigenvalue weighted by Crippen LogP contribution is -2.29. The highest BCUT2D eigenvalue weighted by atomic mass is 32.2. The Morgan fingerprint density at radius 3 is 2.71 bits per heavy atom. The van der Waals surface area contributed by atoms with Gasteiger partial charge in [-0.1, -0.05) is 12.1 Å². The van der Waals surface area contributed by atoms with Crippen LogP contribution in [0.15, 0.2) is 47.6 Å². The number of halogens is 1. The highest BCUT2D eigenvalue weighted by Crippen LogP contribution is 2.20.